The molecule has 0 bridgehead atoms. The Bertz CT molecular complexity index is 812. The Hall–Kier alpha value is -2.60. The second-order valence-corrected chi connectivity index (χ2v) is 6.95. The van der Waals surface area contributed by atoms with Crippen LogP contribution in [0.3, 0.4) is 0 Å². The minimum Gasteiger partial charge on any atom is -0.497 e. The molecule has 0 radical (unpaired) electrons. The highest BCUT2D eigenvalue weighted by Crippen LogP contribution is 2.31. The highest BCUT2D eigenvalue weighted by molar-refractivity contribution is 7.13. The maximum atomic E-state index is 5.86. The molecule has 3 aromatic rings. The van der Waals surface area contributed by atoms with Gasteiger partial charge in [-0.15, -0.1) is 11.3 Å². The lowest BCUT2D eigenvalue weighted by Crippen LogP contribution is -2.11. The van der Waals surface area contributed by atoms with Gasteiger partial charge in [-0.25, -0.2) is 9.97 Å². The number of ether oxygens (including phenoxy) is 1. The van der Waals surface area contributed by atoms with Crippen LogP contribution < -0.4 is 15.4 Å². The van der Waals surface area contributed by atoms with E-state index in [1.165, 1.54) is 16.9 Å². The molecule has 3 rings (SSSR count). The van der Waals surface area contributed by atoms with Gasteiger partial charge in [-0.1, -0.05) is 18.2 Å². The molecule has 2 N–H and O–H groups in total. The number of nitrogens with zero attached hydrogens (tertiary/aromatic N) is 3. The number of nitrogen functional groups attached to an aromatic ring is 1. The van der Waals surface area contributed by atoms with Gasteiger partial charge in [0.15, 0.2) is 5.13 Å². The summed E-state index contributed by atoms with van der Waals surface area (Å²) in [7, 11) is 5.64. The first kappa shape index (κ1) is 17.2. The van der Waals surface area contributed by atoms with Crippen molar-refractivity contribution in [3.63, 3.8) is 0 Å². The van der Waals surface area contributed by atoms with E-state index in [-0.39, 0.29) is 5.92 Å². The van der Waals surface area contributed by atoms with Crippen LogP contribution in [0.2, 0.25) is 0 Å². The van der Waals surface area contributed by atoms with Gasteiger partial charge in [0.1, 0.15) is 11.6 Å². The molecule has 5 nitrogen and oxygen atoms in total. The second-order valence-electron chi connectivity index (χ2n) is 6.06. The van der Waals surface area contributed by atoms with Crippen molar-refractivity contribution in [2.75, 3.05) is 31.8 Å². The van der Waals surface area contributed by atoms with Crippen molar-refractivity contribution >= 4 is 22.3 Å². The van der Waals surface area contributed by atoms with Crippen LogP contribution >= 0.6 is 11.3 Å². The largest absolute Gasteiger partial charge is 0.497 e. The van der Waals surface area contributed by atoms with E-state index in [1.54, 1.807) is 7.11 Å². The first-order valence-corrected chi connectivity index (χ1v) is 8.92. The first-order chi connectivity index (χ1) is 12.1. The Morgan fingerprint density at radius 2 is 1.92 bits per heavy atom. The number of benzene rings is 1. The SMILES string of the molecule is COc1ccc(C(Cc2ccc(N(C)C)nc2)c2csc(N)n2)cc1. The van der Waals surface area contributed by atoms with Crippen molar-refractivity contribution in [3.05, 3.63) is 64.8 Å². The Labute approximate surface area is 152 Å². The number of rotatable bonds is 6. The number of pyridine rings is 1. The minimum absolute atomic E-state index is 0.131. The smallest absolute Gasteiger partial charge is 0.180 e. The molecule has 0 saturated heterocycles. The third kappa shape index (κ3) is 4.09. The van der Waals surface area contributed by atoms with Gasteiger partial charge in [0.2, 0.25) is 0 Å². The number of methoxy groups -OCH3 is 1. The molecule has 0 aliphatic heterocycles. The van der Waals surface area contributed by atoms with E-state index in [4.69, 9.17) is 10.5 Å². The van der Waals surface area contributed by atoms with E-state index in [0.29, 0.717) is 5.13 Å². The standard InChI is InChI=1S/C19H22N4OS/c1-23(2)18-9-4-13(11-21-18)10-16(17-12-25-19(20)22-17)14-5-7-15(24-3)8-6-14/h4-9,11-12,16H,10H2,1-3H3,(H2,20,22). The normalized spacial score (nSPS) is 12.0. The van der Waals surface area contributed by atoms with E-state index >= 15 is 0 Å². The maximum absolute atomic E-state index is 5.86. The molecule has 130 valence electrons. The first-order valence-electron chi connectivity index (χ1n) is 8.04. The molecular formula is C19H22N4OS. The lowest BCUT2D eigenvalue weighted by atomic mass is 9.90. The van der Waals surface area contributed by atoms with Crippen molar-refractivity contribution in [2.45, 2.75) is 12.3 Å². The molecular weight excluding hydrogens is 332 g/mol. The second kappa shape index (κ2) is 7.53. The molecule has 0 aliphatic carbocycles. The quantitative estimate of drug-likeness (QED) is 0.733. The van der Waals surface area contributed by atoms with Crippen LogP contribution in [-0.2, 0) is 6.42 Å². The van der Waals surface area contributed by atoms with Crippen LogP contribution in [0.25, 0.3) is 0 Å². The maximum Gasteiger partial charge on any atom is 0.180 e. The fourth-order valence-electron chi connectivity index (χ4n) is 2.73. The highest BCUT2D eigenvalue weighted by atomic mass is 32.1. The summed E-state index contributed by atoms with van der Waals surface area (Å²) >= 11 is 1.47. The Kier molecular flexibility index (Phi) is 5.19. The molecule has 6 heteroatoms. The van der Waals surface area contributed by atoms with Gasteiger partial charge in [-0.05, 0) is 35.7 Å². The van der Waals surface area contributed by atoms with Crippen molar-refractivity contribution in [3.8, 4) is 5.75 Å². The monoisotopic (exact) mass is 354 g/mol. The highest BCUT2D eigenvalue weighted by Gasteiger charge is 2.18. The van der Waals surface area contributed by atoms with Crippen LogP contribution in [0.5, 0.6) is 5.75 Å². The number of nitrogens with two attached hydrogens (primary N) is 1. The van der Waals surface area contributed by atoms with Crippen LogP contribution in [0.1, 0.15) is 22.7 Å². The van der Waals surface area contributed by atoms with Crippen LogP contribution in [0.4, 0.5) is 10.9 Å². The summed E-state index contributed by atoms with van der Waals surface area (Å²) in [5.41, 5.74) is 9.19. The molecule has 0 spiro atoms. The van der Waals surface area contributed by atoms with Gasteiger partial charge in [0.25, 0.3) is 0 Å². The van der Waals surface area contributed by atoms with Crippen LogP contribution in [0, 0.1) is 0 Å². The molecule has 25 heavy (non-hydrogen) atoms. The van der Waals surface area contributed by atoms with Gasteiger partial charge in [-0.3, -0.25) is 0 Å². The number of hydrogen-bond acceptors (Lipinski definition) is 6. The third-order valence-corrected chi connectivity index (χ3v) is 4.81. The summed E-state index contributed by atoms with van der Waals surface area (Å²) < 4.78 is 5.26. The number of hydrogen-bond donors (Lipinski definition) is 1. The zero-order valence-electron chi connectivity index (χ0n) is 14.6. The summed E-state index contributed by atoms with van der Waals surface area (Å²) in [4.78, 5) is 11.0. The molecule has 2 heterocycles. The average Bonchev–Trinajstić information content (AvgIpc) is 3.06. The number of aromatic nitrogens is 2. The van der Waals surface area contributed by atoms with E-state index < -0.39 is 0 Å². The fourth-order valence-corrected chi connectivity index (χ4v) is 3.34. The molecule has 1 atom stereocenters. The molecule has 2 aromatic heterocycles. The molecule has 0 amide bonds. The number of thiazole rings is 1. The Balaban J connectivity index is 1.90. The number of anilines is 2. The minimum atomic E-state index is 0.131. The molecule has 0 saturated carbocycles. The van der Waals surface area contributed by atoms with Crippen molar-refractivity contribution in [2.24, 2.45) is 0 Å². The molecule has 0 fully saturated rings. The predicted octanol–water partition coefficient (Wildman–Crippen LogP) is 3.57. The fraction of sp³-hybridized carbons (Fsp3) is 0.263. The summed E-state index contributed by atoms with van der Waals surface area (Å²) in [6.45, 7) is 0. The van der Waals surface area contributed by atoms with Gasteiger partial charge in [0.05, 0.1) is 12.8 Å². The van der Waals surface area contributed by atoms with Crippen LogP contribution in [0.15, 0.2) is 48.0 Å². The average molecular weight is 354 g/mol. The summed E-state index contributed by atoms with van der Waals surface area (Å²) in [5, 5.41) is 2.63. The van der Waals surface area contributed by atoms with E-state index in [9.17, 15) is 0 Å². The predicted molar refractivity (Wildman–Crippen MR) is 104 cm³/mol. The molecule has 1 unspecified atom stereocenters. The Morgan fingerprint density at radius 3 is 2.44 bits per heavy atom. The van der Waals surface area contributed by atoms with Crippen LogP contribution in [-0.4, -0.2) is 31.2 Å². The molecule has 1 aromatic carbocycles. The van der Waals surface area contributed by atoms with Gasteiger partial charge in [0, 0.05) is 31.6 Å². The van der Waals surface area contributed by atoms with Crippen molar-refractivity contribution in [1.29, 1.82) is 0 Å². The van der Waals surface area contributed by atoms with Gasteiger partial charge in [-0.2, -0.15) is 0 Å². The van der Waals surface area contributed by atoms with Crippen molar-refractivity contribution in [1.82, 2.24) is 9.97 Å². The summed E-state index contributed by atoms with van der Waals surface area (Å²) in [5.74, 6) is 1.92. The Morgan fingerprint density at radius 1 is 1.16 bits per heavy atom. The zero-order valence-corrected chi connectivity index (χ0v) is 15.5. The lowest BCUT2D eigenvalue weighted by Gasteiger charge is -2.17. The summed E-state index contributed by atoms with van der Waals surface area (Å²) in [6, 6.07) is 12.3. The van der Waals surface area contributed by atoms with Gasteiger partial charge >= 0.3 is 0 Å². The molecule has 0 aliphatic rings. The summed E-state index contributed by atoms with van der Waals surface area (Å²) in [6.07, 6.45) is 2.75. The van der Waals surface area contributed by atoms with E-state index in [0.717, 1.165) is 29.2 Å². The zero-order chi connectivity index (χ0) is 17.8. The topological polar surface area (TPSA) is 64.3 Å². The van der Waals surface area contributed by atoms with E-state index in [1.807, 2.05) is 48.8 Å². The van der Waals surface area contributed by atoms with E-state index in [2.05, 4.69) is 28.2 Å². The third-order valence-electron chi connectivity index (χ3n) is 4.12. The van der Waals surface area contributed by atoms with Crippen molar-refractivity contribution < 1.29 is 4.74 Å². The lowest BCUT2D eigenvalue weighted by molar-refractivity contribution is 0.414. The van der Waals surface area contributed by atoms with Gasteiger partial charge < -0.3 is 15.4 Å².